The van der Waals surface area contributed by atoms with Gasteiger partial charge in [-0.15, -0.1) is 0 Å². The maximum Gasteiger partial charge on any atom is 0.416 e. The molecule has 0 aliphatic heterocycles. The molecule has 2 aromatic rings. The van der Waals surface area contributed by atoms with E-state index in [1.807, 2.05) is 0 Å². The van der Waals surface area contributed by atoms with Crippen molar-refractivity contribution in [3.63, 3.8) is 0 Å². The quantitative estimate of drug-likeness (QED) is 0.347. The number of halogens is 6. The van der Waals surface area contributed by atoms with E-state index in [1.165, 1.54) is 7.05 Å². The van der Waals surface area contributed by atoms with Crippen LogP contribution >= 0.6 is 0 Å². The molecular formula is C18H13F6N3O8. The number of alkyl halides is 6. The van der Waals surface area contributed by atoms with Gasteiger partial charge >= 0.3 is 18.3 Å². The van der Waals surface area contributed by atoms with Crippen LogP contribution in [0.4, 0.5) is 37.7 Å². The van der Waals surface area contributed by atoms with Crippen molar-refractivity contribution >= 4 is 23.3 Å². The van der Waals surface area contributed by atoms with E-state index in [2.05, 4.69) is 4.84 Å². The van der Waals surface area contributed by atoms with E-state index in [4.69, 9.17) is 5.11 Å². The molecule has 0 fully saturated rings. The van der Waals surface area contributed by atoms with Gasteiger partial charge in [0.05, 0.1) is 28.1 Å². The van der Waals surface area contributed by atoms with Gasteiger partial charge in [-0.3, -0.25) is 29.9 Å². The van der Waals surface area contributed by atoms with Gasteiger partial charge in [0.25, 0.3) is 17.3 Å². The molecule has 1 N–H and O–H groups in total. The highest BCUT2D eigenvalue weighted by atomic mass is 19.4. The van der Waals surface area contributed by atoms with Crippen LogP contribution in [0.3, 0.4) is 0 Å². The summed E-state index contributed by atoms with van der Waals surface area (Å²) in [7, 11) is 2.33. The number of carbonyl (C=O) groups is 2. The number of nitro benzene ring substituents is 2. The number of nitrogens with zero attached hydrogens (tertiary/aromatic N) is 3. The first-order valence-electron chi connectivity index (χ1n) is 8.68. The molecule has 0 saturated heterocycles. The molecule has 0 heterocycles. The number of carbonyl (C=O) groups excluding carboxylic acids is 1. The van der Waals surface area contributed by atoms with Crippen LogP contribution in [0.5, 0.6) is 0 Å². The van der Waals surface area contributed by atoms with Crippen LogP contribution in [0.2, 0.25) is 0 Å². The van der Waals surface area contributed by atoms with Crippen LogP contribution in [-0.4, -0.2) is 46.1 Å². The van der Waals surface area contributed by atoms with Crippen molar-refractivity contribution < 1.29 is 55.7 Å². The van der Waals surface area contributed by atoms with E-state index in [9.17, 15) is 56.2 Å². The molecule has 0 aliphatic rings. The number of hydrogen-bond acceptors (Lipinski definition) is 7. The number of benzene rings is 2. The van der Waals surface area contributed by atoms with Crippen LogP contribution in [0.1, 0.15) is 31.8 Å². The van der Waals surface area contributed by atoms with Crippen LogP contribution in [-0.2, 0) is 17.2 Å². The Morgan fingerprint density at radius 3 is 1.54 bits per heavy atom. The molecule has 0 saturated carbocycles. The van der Waals surface area contributed by atoms with Crippen LogP contribution in [0.25, 0.3) is 0 Å². The van der Waals surface area contributed by atoms with Gasteiger partial charge in [0, 0.05) is 19.2 Å². The lowest BCUT2D eigenvalue weighted by Gasteiger charge is -2.14. The Balaban J connectivity index is 0.000000355. The van der Waals surface area contributed by atoms with Gasteiger partial charge in [-0.05, 0) is 24.3 Å². The average molecular weight is 513 g/mol. The summed E-state index contributed by atoms with van der Waals surface area (Å²) in [5.41, 5.74) is -5.73. The highest BCUT2D eigenvalue weighted by Crippen LogP contribution is 2.34. The minimum Gasteiger partial charge on any atom is -0.477 e. The largest absolute Gasteiger partial charge is 0.477 e. The van der Waals surface area contributed by atoms with Crippen molar-refractivity contribution in [2.24, 2.45) is 0 Å². The van der Waals surface area contributed by atoms with Gasteiger partial charge in [0.2, 0.25) is 0 Å². The minimum atomic E-state index is -4.75. The van der Waals surface area contributed by atoms with Gasteiger partial charge in [0.1, 0.15) is 11.1 Å². The summed E-state index contributed by atoms with van der Waals surface area (Å²) in [5, 5.41) is 30.3. The molecule has 0 aromatic heterocycles. The second-order valence-corrected chi connectivity index (χ2v) is 6.26. The number of carboxylic acid groups (broad SMARTS) is 1. The van der Waals surface area contributed by atoms with Crippen molar-refractivity contribution in [2.45, 2.75) is 12.4 Å². The first-order chi connectivity index (χ1) is 15.9. The molecular weight excluding hydrogens is 500 g/mol. The predicted molar refractivity (Wildman–Crippen MR) is 102 cm³/mol. The van der Waals surface area contributed by atoms with E-state index in [0.717, 1.165) is 13.2 Å². The van der Waals surface area contributed by atoms with Crippen molar-refractivity contribution in [1.82, 2.24) is 5.06 Å². The maximum absolute atomic E-state index is 12.4. The minimum absolute atomic E-state index is 0.198. The summed E-state index contributed by atoms with van der Waals surface area (Å²) in [4.78, 5) is 45.6. The monoisotopic (exact) mass is 513 g/mol. The zero-order chi connectivity index (χ0) is 27.3. The molecule has 0 bridgehead atoms. The number of rotatable bonds is 5. The number of amides is 1. The Labute approximate surface area is 190 Å². The highest BCUT2D eigenvalue weighted by molar-refractivity contribution is 5.97. The third kappa shape index (κ3) is 7.36. The second kappa shape index (κ2) is 10.8. The molecule has 0 aliphatic carbocycles. The lowest BCUT2D eigenvalue weighted by Crippen LogP contribution is -2.26. The summed E-state index contributed by atoms with van der Waals surface area (Å²) in [6.45, 7) is 0. The number of nitro groups is 2. The fraction of sp³-hybridized carbons (Fsp3) is 0.222. The third-order valence-electron chi connectivity index (χ3n) is 4.06. The molecule has 1 amide bonds. The van der Waals surface area contributed by atoms with Gasteiger partial charge in [-0.1, -0.05) is 0 Å². The summed E-state index contributed by atoms with van der Waals surface area (Å²) < 4.78 is 73.9. The van der Waals surface area contributed by atoms with E-state index in [0.29, 0.717) is 29.3 Å². The summed E-state index contributed by atoms with van der Waals surface area (Å²) >= 11 is 0. The number of carboxylic acids is 1. The summed E-state index contributed by atoms with van der Waals surface area (Å²) in [6, 6.07) is 2.91. The van der Waals surface area contributed by atoms with Crippen LogP contribution in [0.15, 0.2) is 36.4 Å². The molecule has 0 unspecified atom stereocenters. The Morgan fingerprint density at radius 1 is 0.857 bits per heavy atom. The average Bonchev–Trinajstić information content (AvgIpc) is 2.76. The number of aromatic carboxylic acids is 1. The molecule has 0 atom stereocenters. The molecule has 11 nitrogen and oxygen atoms in total. The van der Waals surface area contributed by atoms with E-state index < -0.39 is 67.7 Å². The van der Waals surface area contributed by atoms with Crippen LogP contribution < -0.4 is 0 Å². The molecule has 190 valence electrons. The van der Waals surface area contributed by atoms with Gasteiger partial charge in [-0.25, -0.2) is 9.86 Å². The van der Waals surface area contributed by atoms with Crippen molar-refractivity contribution in [2.75, 3.05) is 14.2 Å². The predicted octanol–water partition coefficient (Wildman–Crippen LogP) is 4.56. The summed E-state index contributed by atoms with van der Waals surface area (Å²) in [6.07, 6.45) is -9.47. The van der Waals surface area contributed by atoms with Crippen molar-refractivity contribution in [1.29, 1.82) is 0 Å². The Hall–Kier alpha value is -4.28. The smallest absolute Gasteiger partial charge is 0.416 e. The lowest BCUT2D eigenvalue weighted by molar-refractivity contribution is -0.385. The summed E-state index contributed by atoms with van der Waals surface area (Å²) in [5.74, 6) is -2.57. The number of hydrogen-bond donors (Lipinski definition) is 1. The normalized spacial score (nSPS) is 11.2. The van der Waals surface area contributed by atoms with Crippen molar-refractivity contribution in [3.8, 4) is 0 Å². The zero-order valence-electron chi connectivity index (χ0n) is 17.4. The van der Waals surface area contributed by atoms with E-state index >= 15 is 0 Å². The fourth-order valence-electron chi connectivity index (χ4n) is 2.33. The highest BCUT2D eigenvalue weighted by Gasteiger charge is 2.35. The zero-order valence-corrected chi connectivity index (χ0v) is 17.4. The fourth-order valence-corrected chi connectivity index (χ4v) is 2.33. The molecule has 0 radical (unpaired) electrons. The molecule has 2 aromatic carbocycles. The maximum atomic E-state index is 12.4. The lowest BCUT2D eigenvalue weighted by atomic mass is 10.1. The SMILES string of the molecule is CON(C)C(=O)c1ccc(C(F)(F)F)cc1[N+](=O)[O-].O=C(O)c1ccc(C(F)(F)F)cc1[N+](=O)[O-]. The van der Waals surface area contributed by atoms with E-state index in [-0.39, 0.29) is 6.07 Å². The Bertz CT molecular complexity index is 1150. The molecule has 17 heteroatoms. The van der Waals surface area contributed by atoms with Gasteiger partial charge in [0.15, 0.2) is 0 Å². The Morgan fingerprint density at radius 2 is 1.23 bits per heavy atom. The number of hydroxylamine groups is 2. The third-order valence-corrected chi connectivity index (χ3v) is 4.06. The first kappa shape index (κ1) is 28.8. The van der Waals surface area contributed by atoms with Gasteiger partial charge in [-0.2, -0.15) is 26.3 Å². The Kier molecular flexibility index (Phi) is 8.84. The molecule has 0 spiro atoms. The second-order valence-electron chi connectivity index (χ2n) is 6.26. The standard InChI is InChI=1S/C10H9F3N2O4.C8H4F3NO4/c1-14(19-2)9(16)7-4-3-6(10(11,12)13)5-8(7)15(17)18;9-8(10,11)4-1-2-5(7(13)14)6(3-4)12(15)16/h3-5H,1-2H3;1-3H,(H,13,14). The van der Waals surface area contributed by atoms with E-state index in [1.54, 1.807) is 0 Å². The molecule has 2 rings (SSSR count). The molecule has 35 heavy (non-hydrogen) atoms. The van der Waals surface area contributed by atoms with Crippen LogP contribution in [0, 0.1) is 20.2 Å². The van der Waals surface area contributed by atoms with Gasteiger partial charge < -0.3 is 5.11 Å². The first-order valence-corrected chi connectivity index (χ1v) is 8.68. The topological polar surface area (TPSA) is 153 Å². The van der Waals surface area contributed by atoms with Crippen molar-refractivity contribution in [3.05, 3.63) is 78.9 Å².